The van der Waals surface area contributed by atoms with Crippen LogP contribution >= 0.6 is 0 Å². The van der Waals surface area contributed by atoms with Crippen LogP contribution in [0, 0.1) is 5.92 Å². The minimum atomic E-state index is -4.37. The van der Waals surface area contributed by atoms with Crippen LogP contribution in [0.3, 0.4) is 0 Å². The molecule has 4 heteroatoms. The fraction of sp³-hybridized carbons (Fsp3) is 0.571. The second-order valence-corrected chi connectivity index (χ2v) is 4.94. The van der Waals surface area contributed by atoms with Gasteiger partial charge in [-0.15, -0.1) is 0 Å². The zero-order valence-electron chi connectivity index (χ0n) is 10.9. The second-order valence-electron chi connectivity index (χ2n) is 4.94. The maximum atomic E-state index is 12.8. The molecule has 0 aromatic heterocycles. The van der Waals surface area contributed by atoms with E-state index in [1.54, 1.807) is 13.0 Å². The molecule has 0 bridgehead atoms. The van der Waals surface area contributed by atoms with Crippen molar-refractivity contribution in [2.75, 3.05) is 0 Å². The fourth-order valence-corrected chi connectivity index (χ4v) is 2.02. The first-order valence-electron chi connectivity index (χ1n) is 6.08. The maximum Gasteiger partial charge on any atom is 0.416 e. The summed E-state index contributed by atoms with van der Waals surface area (Å²) in [6, 6.07) is 5.44. The molecule has 0 heterocycles. The number of hydrogen-bond acceptors (Lipinski definition) is 1. The molecular formula is C14H19F3O. The largest absolute Gasteiger partial charge is 0.416 e. The van der Waals surface area contributed by atoms with Gasteiger partial charge >= 0.3 is 6.18 Å². The highest BCUT2D eigenvalue weighted by Gasteiger charge is 2.36. The van der Waals surface area contributed by atoms with Gasteiger partial charge in [-0.25, -0.2) is 0 Å². The molecule has 1 unspecified atom stereocenters. The number of aliphatic hydroxyl groups is 1. The summed E-state index contributed by atoms with van der Waals surface area (Å²) >= 11 is 0. The zero-order valence-corrected chi connectivity index (χ0v) is 10.9. The van der Waals surface area contributed by atoms with Crippen molar-refractivity contribution >= 4 is 0 Å². The van der Waals surface area contributed by atoms with Crippen molar-refractivity contribution in [2.45, 2.75) is 45.4 Å². The van der Waals surface area contributed by atoms with Gasteiger partial charge in [0.1, 0.15) is 0 Å². The Balaban J connectivity index is 3.12. The summed E-state index contributed by atoms with van der Waals surface area (Å²) in [4.78, 5) is 0. The van der Waals surface area contributed by atoms with E-state index in [2.05, 4.69) is 0 Å². The van der Waals surface area contributed by atoms with E-state index in [0.717, 1.165) is 6.07 Å². The number of halogens is 3. The predicted molar refractivity (Wildman–Crippen MR) is 65.2 cm³/mol. The third-order valence-electron chi connectivity index (χ3n) is 3.51. The SMILES string of the molecule is CCC(O)(Cc1ccccc1C(F)(F)F)C(C)C. The van der Waals surface area contributed by atoms with Crippen molar-refractivity contribution in [1.82, 2.24) is 0 Å². The quantitative estimate of drug-likeness (QED) is 0.866. The van der Waals surface area contributed by atoms with E-state index < -0.39 is 17.3 Å². The first-order valence-corrected chi connectivity index (χ1v) is 6.08. The van der Waals surface area contributed by atoms with Crippen LogP contribution in [0.2, 0.25) is 0 Å². The van der Waals surface area contributed by atoms with Crippen LogP contribution in [0.5, 0.6) is 0 Å². The molecule has 0 saturated carbocycles. The van der Waals surface area contributed by atoms with Crippen molar-refractivity contribution < 1.29 is 18.3 Å². The molecule has 0 aliphatic rings. The highest BCUT2D eigenvalue weighted by Crippen LogP contribution is 2.35. The molecule has 1 aromatic carbocycles. The van der Waals surface area contributed by atoms with E-state index in [0.29, 0.717) is 6.42 Å². The topological polar surface area (TPSA) is 20.2 Å². The van der Waals surface area contributed by atoms with E-state index >= 15 is 0 Å². The van der Waals surface area contributed by atoms with Gasteiger partial charge in [-0.1, -0.05) is 39.0 Å². The van der Waals surface area contributed by atoms with Gasteiger partial charge in [-0.2, -0.15) is 13.2 Å². The van der Waals surface area contributed by atoms with Crippen molar-refractivity contribution in [2.24, 2.45) is 5.92 Å². The Bertz CT molecular complexity index is 398. The van der Waals surface area contributed by atoms with Crippen LogP contribution in [0.15, 0.2) is 24.3 Å². The van der Waals surface area contributed by atoms with Crippen LogP contribution in [0.25, 0.3) is 0 Å². The van der Waals surface area contributed by atoms with Crippen molar-refractivity contribution in [3.05, 3.63) is 35.4 Å². The lowest BCUT2D eigenvalue weighted by molar-refractivity contribution is -0.138. The van der Waals surface area contributed by atoms with E-state index in [1.807, 2.05) is 13.8 Å². The van der Waals surface area contributed by atoms with Crippen LogP contribution in [-0.2, 0) is 12.6 Å². The van der Waals surface area contributed by atoms with Gasteiger partial charge in [0.2, 0.25) is 0 Å². The first-order chi connectivity index (χ1) is 8.20. The van der Waals surface area contributed by atoms with Gasteiger partial charge in [0.25, 0.3) is 0 Å². The van der Waals surface area contributed by atoms with Gasteiger partial charge < -0.3 is 5.11 Å². The van der Waals surface area contributed by atoms with Crippen LogP contribution in [0.4, 0.5) is 13.2 Å². The van der Waals surface area contributed by atoms with Crippen molar-refractivity contribution in [3.8, 4) is 0 Å². The summed E-state index contributed by atoms with van der Waals surface area (Å²) in [5, 5.41) is 10.4. The van der Waals surface area contributed by atoms with E-state index in [1.165, 1.54) is 12.1 Å². The Morgan fingerprint density at radius 2 is 1.72 bits per heavy atom. The Labute approximate surface area is 106 Å². The standard InChI is InChI=1S/C14H19F3O/c1-4-13(18,10(2)3)9-11-7-5-6-8-12(11)14(15,16)17/h5-8,10,18H,4,9H2,1-3H3. The maximum absolute atomic E-state index is 12.8. The number of hydrogen-bond donors (Lipinski definition) is 1. The molecule has 1 atom stereocenters. The lowest BCUT2D eigenvalue weighted by atomic mass is 9.81. The predicted octanol–water partition coefficient (Wildman–Crippen LogP) is 4.05. The molecular weight excluding hydrogens is 241 g/mol. The van der Waals surface area contributed by atoms with Crippen LogP contribution < -0.4 is 0 Å². The average molecular weight is 260 g/mol. The molecule has 0 aliphatic heterocycles. The molecule has 1 aromatic rings. The summed E-state index contributed by atoms with van der Waals surface area (Å²) in [6.07, 6.45) is -3.92. The van der Waals surface area contributed by atoms with Gasteiger partial charge in [0, 0.05) is 6.42 Å². The van der Waals surface area contributed by atoms with Gasteiger partial charge in [0.15, 0.2) is 0 Å². The van der Waals surface area contributed by atoms with E-state index in [-0.39, 0.29) is 17.9 Å². The highest BCUT2D eigenvalue weighted by atomic mass is 19.4. The lowest BCUT2D eigenvalue weighted by Crippen LogP contribution is -2.37. The molecule has 1 rings (SSSR count). The van der Waals surface area contributed by atoms with Crippen LogP contribution in [0.1, 0.15) is 38.3 Å². The highest BCUT2D eigenvalue weighted by molar-refractivity contribution is 5.31. The summed E-state index contributed by atoms with van der Waals surface area (Å²) in [7, 11) is 0. The summed E-state index contributed by atoms with van der Waals surface area (Å²) in [5.41, 5.74) is -1.60. The molecule has 1 nitrogen and oxygen atoms in total. The third-order valence-corrected chi connectivity index (χ3v) is 3.51. The summed E-state index contributed by atoms with van der Waals surface area (Å²) in [6.45, 7) is 5.43. The summed E-state index contributed by atoms with van der Waals surface area (Å²) < 4.78 is 38.5. The van der Waals surface area contributed by atoms with E-state index in [4.69, 9.17) is 0 Å². The van der Waals surface area contributed by atoms with Crippen molar-refractivity contribution in [1.29, 1.82) is 0 Å². The number of alkyl halides is 3. The van der Waals surface area contributed by atoms with E-state index in [9.17, 15) is 18.3 Å². The van der Waals surface area contributed by atoms with Crippen LogP contribution in [-0.4, -0.2) is 10.7 Å². The second kappa shape index (κ2) is 5.31. The molecule has 0 fully saturated rings. The lowest BCUT2D eigenvalue weighted by Gasteiger charge is -2.32. The average Bonchev–Trinajstić information content (AvgIpc) is 2.28. The van der Waals surface area contributed by atoms with Gasteiger partial charge in [-0.05, 0) is 24.0 Å². The molecule has 0 radical (unpaired) electrons. The monoisotopic (exact) mass is 260 g/mol. The fourth-order valence-electron chi connectivity index (χ4n) is 2.02. The minimum absolute atomic E-state index is 0.0247. The molecule has 102 valence electrons. The van der Waals surface area contributed by atoms with Crippen molar-refractivity contribution in [3.63, 3.8) is 0 Å². The summed E-state index contributed by atoms with van der Waals surface area (Å²) in [5.74, 6) is -0.0937. The first kappa shape index (κ1) is 15.0. The van der Waals surface area contributed by atoms with Gasteiger partial charge in [0.05, 0.1) is 11.2 Å². The normalized spacial score (nSPS) is 15.8. The Kier molecular flexibility index (Phi) is 4.43. The van der Waals surface area contributed by atoms with Gasteiger partial charge in [-0.3, -0.25) is 0 Å². The third kappa shape index (κ3) is 3.25. The molecule has 0 aliphatic carbocycles. The Morgan fingerprint density at radius 1 is 1.17 bits per heavy atom. The molecule has 18 heavy (non-hydrogen) atoms. The Hall–Kier alpha value is -1.03. The minimum Gasteiger partial charge on any atom is -0.389 e. The molecule has 0 amide bonds. The zero-order chi connectivity index (χ0) is 14.0. The molecule has 1 N–H and O–H groups in total. The molecule has 0 saturated heterocycles. The smallest absolute Gasteiger partial charge is 0.389 e. The number of benzene rings is 1. The number of rotatable bonds is 4. The Morgan fingerprint density at radius 3 is 2.17 bits per heavy atom. The molecule has 0 spiro atoms.